The van der Waals surface area contributed by atoms with Crippen LogP contribution in [0, 0.1) is 0 Å². The Bertz CT molecular complexity index is 283. The van der Waals surface area contributed by atoms with Crippen molar-refractivity contribution in [3.05, 3.63) is 12.7 Å². The molecule has 13 heavy (non-hydrogen) atoms. The van der Waals surface area contributed by atoms with Crippen molar-refractivity contribution in [2.45, 2.75) is 0 Å². The van der Waals surface area contributed by atoms with Crippen molar-refractivity contribution >= 4 is 16.0 Å². The standard InChI is InChI=1S/C7H13NO4S/c1-4-7(9)12-6-5-8(2)13(3,10)11/h4H,1,5-6H2,2-3H3. The molecule has 0 spiro atoms. The van der Waals surface area contributed by atoms with E-state index in [0.29, 0.717) is 0 Å². The number of hydrogen-bond donors (Lipinski definition) is 0. The van der Waals surface area contributed by atoms with E-state index in [2.05, 4.69) is 11.3 Å². The zero-order chi connectivity index (χ0) is 10.5. The van der Waals surface area contributed by atoms with E-state index in [-0.39, 0.29) is 13.2 Å². The number of nitrogens with zero attached hydrogens (tertiary/aromatic N) is 1. The summed E-state index contributed by atoms with van der Waals surface area (Å²) < 4.78 is 27.4. The SMILES string of the molecule is C=CC(=O)OCCN(C)S(C)(=O)=O. The Balaban J connectivity index is 3.79. The van der Waals surface area contributed by atoms with Gasteiger partial charge in [0, 0.05) is 19.7 Å². The third kappa shape index (κ3) is 5.37. The fourth-order valence-corrected chi connectivity index (χ4v) is 0.906. The summed E-state index contributed by atoms with van der Waals surface area (Å²) >= 11 is 0. The average molecular weight is 207 g/mol. The lowest BCUT2D eigenvalue weighted by Crippen LogP contribution is -2.29. The van der Waals surface area contributed by atoms with Crippen molar-refractivity contribution in [1.82, 2.24) is 4.31 Å². The van der Waals surface area contributed by atoms with Crippen molar-refractivity contribution < 1.29 is 17.9 Å². The summed E-state index contributed by atoms with van der Waals surface area (Å²) in [5.74, 6) is -0.554. The molecule has 0 saturated heterocycles. The summed E-state index contributed by atoms with van der Waals surface area (Å²) in [6.07, 6.45) is 2.11. The van der Waals surface area contributed by atoms with E-state index < -0.39 is 16.0 Å². The lowest BCUT2D eigenvalue weighted by Gasteiger charge is -2.12. The minimum absolute atomic E-state index is 0.0361. The van der Waals surface area contributed by atoms with Crippen LogP contribution >= 0.6 is 0 Å². The molecule has 76 valence electrons. The largest absolute Gasteiger partial charge is 0.461 e. The highest BCUT2D eigenvalue weighted by Gasteiger charge is 2.10. The highest BCUT2D eigenvalue weighted by Crippen LogP contribution is 1.92. The first-order valence-corrected chi connectivity index (χ1v) is 5.43. The normalized spacial score (nSPS) is 11.3. The third-order valence-corrected chi connectivity index (χ3v) is 2.70. The van der Waals surface area contributed by atoms with Crippen molar-refractivity contribution in [1.29, 1.82) is 0 Å². The lowest BCUT2D eigenvalue weighted by molar-refractivity contribution is -0.137. The fraction of sp³-hybridized carbons (Fsp3) is 0.571. The molecule has 0 radical (unpaired) electrons. The summed E-state index contributed by atoms with van der Waals surface area (Å²) in [4.78, 5) is 10.5. The van der Waals surface area contributed by atoms with Crippen LogP contribution in [0.15, 0.2) is 12.7 Å². The van der Waals surface area contributed by atoms with Crippen molar-refractivity contribution in [3.63, 3.8) is 0 Å². The van der Waals surface area contributed by atoms with E-state index in [4.69, 9.17) is 0 Å². The Morgan fingerprint density at radius 1 is 1.62 bits per heavy atom. The Hall–Kier alpha value is -0.880. The number of carbonyl (C=O) groups is 1. The zero-order valence-electron chi connectivity index (χ0n) is 7.69. The molecular weight excluding hydrogens is 194 g/mol. The molecule has 0 aliphatic heterocycles. The van der Waals surface area contributed by atoms with Crippen LogP contribution in [0.3, 0.4) is 0 Å². The average Bonchev–Trinajstić information content (AvgIpc) is 2.02. The second kappa shape index (κ2) is 4.98. The second-order valence-electron chi connectivity index (χ2n) is 2.46. The summed E-state index contributed by atoms with van der Waals surface area (Å²) in [6, 6.07) is 0. The van der Waals surface area contributed by atoms with Gasteiger partial charge in [-0.2, -0.15) is 0 Å². The third-order valence-electron chi connectivity index (χ3n) is 1.38. The summed E-state index contributed by atoms with van der Waals surface area (Å²) in [7, 11) is -1.78. The molecule has 0 aromatic carbocycles. The number of rotatable bonds is 5. The van der Waals surface area contributed by atoms with Crippen LogP contribution in [0.4, 0.5) is 0 Å². The molecule has 0 amide bonds. The van der Waals surface area contributed by atoms with Crippen LogP contribution in [0.1, 0.15) is 0 Å². The number of esters is 1. The minimum atomic E-state index is -3.19. The van der Waals surface area contributed by atoms with Gasteiger partial charge in [0.2, 0.25) is 10.0 Å². The molecule has 5 nitrogen and oxygen atoms in total. The van der Waals surface area contributed by atoms with Crippen LogP contribution in [-0.4, -0.2) is 45.1 Å². The Morgan fingerprint density at radius 2 is 2.15 bits per heavy atom. The summed E-state index contributed by atoms with van der Waals surface area (Å²) in [5.41, 5.74) is 0. The fourth-order valence-electron chi connectivity index (χ4n) is 0.500. The summed E-state index contributed by atoms with van der Waals surface area (Å²) in [6.45, 7) is 3.39. The lowest BCUT2D eigenvalue weighted by atomic mass is 10.6. The van der Waals surface area contributed by atoms with Gasteiger partial charge in [0.05, 0.1) is 6.26 Å². The van der Waals surface area contributed by atoms with Gasteiger partial charge in [-0.3, -0.25) is 0 Å². The smallest absolute Gasteiger partial charge is 0.330 e. The number of ether oxygens (including phenoxy) is 1. The zero-order valence-corrected chi connectivity index (χ0v) is 8.50. The van der Waals surface area contributed by atoms with Crippen molar-refractivity contribution in [2.24, 2.45) is 0 Å². The molecule has 0 rings (SSSR count). The van der Waals surface area contributed by atoms with Crippen LogP contribution in [-0.2, 0) is 19.6 Å². The van der Waals surface area contributed by atoms with E-state index >= 15 is 0 Å². The van der Waals surface area contributed by atoms with Gasteiger partial charge in [0.15, 0.2) is 0 Å². The molecular formula is C7H13NO4S. The molecule has 0 aliphatic rings. The molecule has 0 atom stereocenters. The quantitative estimate of drug-likeness (QED) is 0.455. The monoisotopic (exact) mass is 207 g/mol. The van der Waals surface area contributed by atoms with Crippen LogP contribution in [0.2, 0.25) is 0 Å². The Kier molecular flexibility index (Phi) is 4.64. The van der Waals surface area contributed by atoms with Gasteiger partial charge in [-0.25, -0.2) is 17.5 Å². The van der Waals surface area contributed by atoms with Gasteiger partial charge in [0.25, 0.3) is 0 Å². The maximum Gasteiger partial charge on any atom is 0.330 e. The predicted octanol–water partition coefficient (Wildman–Crippen LogP) is -0.393. The van der Waals surface area contributed by atoms with Gasteiger partial charge in [-0.15, -0.1) is 0 Å². The highest BCUT2D eigenvalue weighted by molar-refractivity contribution is 7.88. The van der Waals surface area contributed by atoms with Gasteiger partial charge in [-0.1, -0.05) is 6.58 Å². The maximum atomic E-state index is 10.8. The first kappa shape index (κ1) is 12.1. The molecule has 0 aliphatic carbocycles. The van der Waals surface area contributed by atoms with Crippen LogP contribution in [0.25, 0.3) is 0 Å². The van der Waals surface area contributed by atoms with Gasteiger partial charge >= 0.3 is 5.97 Å². The van der Waals surface area contributed by atoms with E-state index in [0.717, 1.165) is 16.6 Å². The topological polar surface area (TPSA) is 63.7 Å². The molecule has 6 heteroatoms. The summed E-state index contributed by atoms with van der Waals surface area (Å²) in [5, 5.41) is 0. The number of hydrogen-bond acceptors (Lipinski definition) is 4. The Labute approximate surface area is 78.0 Å². The van der Waals surface area contributed by atoms with E-state index in [1.165, 1.54) is 7.05 Å². The molecule has 0 unspecified atom stereocenters. The second-order valence-corrected chi connectivity index (χ2v) is 4.55. The molecule has 0 saturated carbocycles. The molecule has 0 aromatic rings. The number of likely N-dealkylation sites (N-methyl/N-ethyl adjacent to an activating group) is 1. The van der Waals surface area contributed by atoms with Gasteiger partial charge in [-0.05, 0) is 0 Å². The first-order valence-electron chi connectivity index (χ1n) is 3.58. The van der Waals surface area contributed by atoms with Crippen molar-refractivity contribution in [2.75, 3.05) is 26.5 Å². The highest BCUT2D eigenvalue weighted by atomic mass is 32.2. The van der Waals surface area contributed by atoms with Crippen LogP contribution < -0.4 is 0 Å². The number of carbonyl (C=O) groups excluding carboxylic acids is 1. The minimum Gasteiger partial charge on any atom is -0.461 e. The maximum absolute atomic E-state index is 10.8. The van der Waals surface area contributed by atoms with E-state index in [1.54, 1.807) is 0 Å². The van der Waals surface area contributed by atoms with Gasteiger partial charge < -0.3 is 4.74 Å². The van der Waals surface area contributed by atoms with E-state index in [1.807, 2.05) is 0 Å². The molecule has 0 bridgehead atoms. The first-order chi connectivity index (χ1) is 5.88. The van der Waals surface area contributed by atoms with E-state index in [9.17, 15) is 13.2 Å². The Morgan fingerprint density at radius 3 is 2.54 bits per heavy atom. The molecule has 0 N–H and O–H groups in total. The van der Waals surface area contributed by atoms with Gasteiger partial charge in [0.1, 0.15) is 6.61 Å². The van der Waals surface area contributed by atoms with Crippen LogP contribution in [0.5, 0.6) is 0 Å². The van der Waals surface area contributed by atoms with Crippen molar-refractivity contribution in [3.8, 4) is 0 Å². The molecule has 0 fully saturated rings. The molecule has 0 aromatic heterocycles. The molecule has 0 heterocycles. The number of sulfonamides is 1. The predicted molar refractivity (Wildman–Crippen MR) is 48.6 cm³/mol.